The van der Waals surface area contributed by atoms with E-state index in [0.29, 0.717) is 13.2 Å². The van der Waals surface area contributed by atoms with Crippen LogP contribution in [0.3, 0.4) is 0 Å². The van der Waals surface area contributed by atoms with Crippen molar-refractivity contribution in [2.24, 2.45) is 0 Å². The lowest BCUT2D eigenvalue weighted by atomic mass is 10.0. The van der Waals surface area contributed by atoms with Gasteiger partial charge in [0.2, 0.25) is 0 Å². The summed E-state index contributed by atoms with van der Waals surface area (Å²) in [4.78, 5) is 0. The molecule has 0 saturated carbocycles. The van der Waals surface area contributed by atoms with Gasteiger partial charge in [-0.05, 0) is 30.5 Å². The Hall–Kier alpha value is -1.02. The van der Waals surface area contributed by atoms with Crippen molar-refractivity contribution in [2.45, 2.75) is 58.3 Å². The topological polar surface area (TPSA) is 18.5 Å². The molecule has 1 aromatic carbocycles. The van der Waals surface area contributed by atoms with Gasteiger partial charge in [-0.1, -0.05) is 57.6 Å². The molecule has 0 heterocycles. The van der Waals surface area contributed by atoms with Crippen LogP contribution in [0.4, 0.5) is 0 Å². The highest BCUT2D eigenvalue weighted by molar-refractivity contribution is 5.27. The van der Waals surface area contributed by atoms with Gasteiger partial charge in [0.25, 0.3) is 0 Å². The minimum Gasteiger partial charge on any atom is -0.491 e. The molecule has 0 atom stereocenters. The van der Waals surface area contributed by atoms with Gasteiger partial charge < -0.3 is 9.47 Å². The summed E-state index contributed by atoms with van der Waals surface area (Å²) in [6.07, 6.45) is 10.8. The third-order valence-corrected chi connectivity index (χ3v) is 3.55. The lowest BCUT2D eigenvalue weighted by Gasteiger charge is -2.07. The highest BCUT2D eigenvalue weighted by atomic mass is 16.5. The number of aryl methyl sites for hydroxylation is 1. The minimum atomic E-state index is 0.619. The largest absolute Gasteiger partial charge is 0.491 e. The third kappa shape index (κ3) is 8.21. The Bertz CT molecular complexity index is 319. The number of rotatable bonds is 12. The van der Waals surface area contributed by atoms with Crippen molar-refractivity contribution in [2.75, 3.05) is 20.3 Å². The van der Waals surface area contributed by atoms with Crippen molar-refractivity contribution in [3.05, 3.63) is 29.8 Å². The zero-order valence-corrected chi connectivity index (χ0v) is 13.2. The van der Waals surface area contributed by atoms with E-state index < -0.39 is 0 Å². The standard InChI is InChI=1S/C18H30O2/c1-3-4-5-6-7-8-9-10-17-11-13-18(14-12-17)20-16-15-19-2/h11-14H,3-10,15-16H2,1-2H3. The summed E-state index contributed by atoms with van der Waals surface area (Å²) in [5, 5.41) is 0. The second-order valence-electron chi connectivity index (χ2n) is 5.36. The Morgan fingerprint density at radius 3 is 2.10 bits per heavy atom. The molecular formula is C18H30O2. The minimum absolute atomic E-state index is 0.619. The molecule has 114 valence electrons. The predicted molar refractivity (Wildman–Crippen MR) is 85.5 cm³/mol. The van der Waals surface area contributed by atoms with Gasteiger partial charge in [0.1, 0.15) is 12.4 Å². The summed E-state index contributed by atoms with van der Waals surface area (Å²) in [7, 11) is 1.69. The number of hydrogen-bond donors (Lipinski definition) is 0. The molecule has 0 aliphatic rings. The van der Waals surface area contributed by atoms with Gasteiger partial charge >= 0.3 is 0 Å². The van der Waals surface area contributed by atoms with Crippen LogP contribution in [0.2, 0.25) is 0 Å². The van der Waals surface area contributed by atoms with E-state index in [-0.39, 0.29) is 0 Å². The molecule has 0 N–H and O–H groups in total. The van der Waals surface area contributed by atoms with Crippen LogP contribution in [0.1, 0.15) is 57.4 Å². The van der Waals surface area contributed by atoms with Crippen LogP contribution in [-0.4, -0.2) is 20.3 Å². The molecule has 20 heavy (non-hydrogen) atoms. The van der Waals surface area contributed by atoms with Crippen molar-refractivity contribution in [1.82, 2.24) is 0 Å². The number of hydrogen-bond acceptors (Lipinski definition) is 2. The van der Waals surface area contributed by atoms with Crippen LogP contribution in [0, 0.1) is 0 Å². The van der Waals surface area contributed by atoms with Crippen molar-refractivity contribution >= 4 is 0 Å². The molecule has 1 rings (SSSR count). The summed E-state index contributed by atoms with van der Waals surface area (Å²) in [6.45, 7) is 3.52. The summed E-state index contributed by atoms with van der Waals surface area (Å²) in [5.74, 6) is 0.936. The maximum Gasteiger partial charge on any atom is 0.119 e. The smallest absolute Gasteiger partial charge is 0.119 e. The molecule has 0 radical (unpaired) electrons. The number of methoxy groups -OCH3 is 1. The van der Waals surface area contributed by atoms with E-state index in [1.165, 1.54) is 56.9 Å². The van der Waals surface area contributed by atoms with Crippen LogP contribution < -0.4 is 4.74 Å². The van der Waals surface area contributed by atoms with E-state index in [9.17, 15) is 0 Å². The monoisotopic (exact) mass is 278 g/mol. The van der Waals surface area contributed by atoms with Gasteiger partial charge in [-0.15, -0.1) is 0 Å². The fourth-order valence-corrected chi connectivity index (χ4v) is 2.28. The Morgan fingerprint density at radius 1 is 0.800 bits per heavy atom. The van der Waals surface area contributed by atoms with E-state index >= 15 is 0 Å². The van der Waals surface area contributed by atoms with Gasteiger partial charge in [0.05, 0.1) is 6.61 Å². The van der Waals surface area contributed by atoms with Crippen molar-refractivity contribution in [3.8, 4) is 5.75 Å². The molecule has 1 aromatic rings. The summed E-state index contributed by atoms with van der Waals surface area (Å²) < 4.78 is 10.5. The Balaban J connectivity index is 2.08. The fourth-order valence-electron chi connectivity index (χ4n) is 2.28. The lowest BCUT2D eigenvalue weighted by Crippen LogP contribution is -2.04. The molecule has 0 saturated heterocycles. The Morgan fingerprint density at radius 2 is 1.45 bits per heavy atom. The van der Waals surface area contributed by atoms with Crippen molar-refractivity contribution in [3.63, 3.8) is 0 Å². The second-order valence-corrected chi connectivity index (χ2v) is 5.36. The molecule has 0 bridgehead atoms. The first-order valence-corrected chi connectivity index (χ1v) is 8.07. The van der Waals surface area contributed by atoms with E-state index in [0.717, 1.165) is 5.75 Å². The average molecular weight is 278 g/mol. The second kappa shape index (κ2) is 11.8. The van der Waals surface area contributed by atoms with Crippen LogP contribution >= 0.6 is 0 Å². The maximum absolute atomic E-state index is 5.56. The zero-order chi connectivity index (χ0) is 14.5. The number of benzene rings is 1. The molecule has 0 spiro atoms. The first-order valence-electron chi connectivity index (χ1n) is 8.07. The number of unbranched alkanes of at least 4 members (excludes halogenated alkanes) is 6. The quantitative estimate of drug-likeness (QED) is 0.501. The molecule has 0 unspecified atom stereocenters. The van der Waals surface area contributed by atoms with Crippen molar-refractivity contribution < 1.29 is 9.47 Å². The summed E-state index contributed by atoms with van der Waals surface area (Å²) >= 11 is 0. The Labute approximate surface area is 124 Å². The summed E-state index contributed by atoms with van der Waals surface area (Å²) in [5.41, 5.74) is 1.41. The van der Waals surface area contributed by atoms with Crippen LogP contribution in [0.5, 0.6) is 5.75 Å². The molecular weight excluding hydrogens is 248 g/mol. The highest BCUT2D eigenvalue weighted by Gasteiger charge is 1.97. The summed E-state index contributed by atoms with van der Waals surface area (Å²) in [6, 6.07) is 8.48. The van der Waals surface area contributed by atoms with Gasteiger partial charge in [0, 0.05) is 7.11 Å². The SMILES string of the molecule is CCCCCCCCCc1ccc(OCCOC)cc1. The van der Waals surface area contributed by atoms with E-state index in [1.54, 1.807) is 7.11 Å². The van der Waals surface area contributed by atoms with Crippen LogP contribution in [0.25, 0.3) is 0 Å². The Kier molecular flexibility index (Phi) is 10.0. The maximum atomic E-state index is 5.56. The normalized spacial score (nSPS) is 10.7. The molecule has 2 heteroatoms. The molecule has 2 nitrogen and oxygen atoms in total. The highest BCUT2D eigenvalue weighted by Crippen LogP contribution is 2.15. The first-order chi connectivity index (χ1) is 9.86. The molecule has 0 amide bonds. The third-order valence-electron chi connectivity index (χ3n) is 3.55. The molecule has 0 aliphatic heterocycles. The average Bonchev–Trinajstić information content (AvgIpc) is 2.48. The van der Waals surface area contributed by atoms with Crippen LogP contribution in [0.15, 0.2) is 24.3 Å². The van der Waals surface area contributed by atoms with Gasteiger partial charge in [-0.3, -0.25) is 0 Å². The first kappa shape index (κ1) is 17.0. The van der Waals surface area contributed by atoms with E-state index in [2.05, 4.69) is 31.2 Å². The molecule has 0 aromatic heterocycles. The van der Waals surface area contributed by atoms with E-state index in [4.69, 9.17) is 9.47 Å². The lowest BCUT2D eigenvalue weighted by molar-refractivity contribution is 0.146. The van der Waals surface area contributed by atoms with Gasteiger partial charge in [-0.2, -0.15) is 0 Å². The fraction of sp³-hybridized carbons (Fsp3) is 0.667. The van der Waals surface area contributed by atoms with Crippen LogP contribution in [-0.2, 0) is 11.2 Å². The van der Waals surface area contributed by atoms with Gasteiger partial charge in [-0.25, -0.2) is 0 Å². The predicted octanol–water partition coefficient (Wildman–Crippen LogP) is 5.00. The van der Waals surface area contributed by atoms with Gasteiger partial charge in [0.15, 0.2) is 0 Å². The van der Waals surface area contributed by atoms with Crippen molar-refractivity contribution in [1.29, 1.82) is 0 Å². The van der Waals surface area contributed by atoms with E-state index in [1.807, 2.05) is 0 Å². The number of ether oxygens (including phenoxy) is 2. The molecule has 0 fully saturated rings. The molecule has 0 aliphatic carbocycles. The zero-order valence-electron chi connectivity index (χ0n) is 13.2.